The number of thiol groups is 1. The van der Waals surface area contributed by atoms with Gasteiger partial charge in [0.25, 0.3) is 0 Å². The van der Waals surface area contributed by atoms with Crippen LogP contribution in [0.3, 0.4) is 0 Å². The maximum atomic E-state index is 11.2. The van der Waals surface area contributed by atoms with Gasteiger partial charge in [-0.1, -0.05) is 36.4 Å². The van der Waals surface area contributed by atoms with Crippen LogP contribution in [0.25, 0.3) is 6.08 Å². The first-order valence-electron chi connectivity index (χ1n) is 5.06. The van der Waals surface area contributed by atoms with Crippen LogP contribution in [0.15, 0.2) is 30.3 Å². The van der Waals surface area contributed by atoms with Crippen LogP contribution in [0.4, 0.5) is 0 Å². The molecular weight excluding hydrogens is 240 g/mol. The molecule has 0 saturated carbocycles. The number of hydrogen-bond donors (Lipinski definition) is 1. The number of rotatable bonds is 5. The van der Waals surface area contributed by atoms with Crippen molar-refractivity contribution in [1.29, 1.82) is 0 Å². The summed E-state index contributed by atoms with van der Waals surface area (Å²) < 4.78 is 22.5. The van der Waals surface area contributed by atoms with E-state index in [2.05, 4.69) is 12.6 Å². The van der Waals surface area contributed by atoms with Crippen molar-refractivity contribution in [2.24, 2.45) is 0 Å². The van der Waals surface area contributed by atoms with Crippen LogP contribution in [0.2, 0.25) is 0 Å². The van der Waals surface area contributed by atoms with Crippen molar-refractivity contribution >= 4 is 28.5 Å². The Morgan fingerprint density at radius 2 is 2.00 bits per heavy atom. The highest BCUT2D eigenvalue weighted by Gasteiger charge is 2.06. The van der Waals surface area contributed by atoms with Gasteiger partial charge in [-0.25, -0.2) is 8.42 Å². The number of hydrogen-bond acceptors (Lipinski definition) is 3. The highest BCUT2D eigenvalue weighted by Crippen LogP contribution is 2.14. The second-order valence-corrected chi connectivity index (χ2v) is 6.27. The molecule has 0 saturated heterocycles. The van der Waals surface area contributed by atoms with Crippen molar-refractivity contribution in [2.45, 2.75) is 12.2 Å². The molecule has 0 aliphatic heterocycles. The lowest BCUT2D eigenvalue weighted by molar-refractivity contribution is 0.601. The van der Waals surface area contributed by atoms with E-state index in [0.717, 1.165) is 23.3 Å². The molecule has 0 aromatic heterocycles. The molecule has 0 aliphatic rings. The van der Waals surface area contributed by atoms with E-state index >= 15 is 0 Å². The van der Waals surface area contributed by atoms with E-state index in [0.29, 0.717) is 0 Å². The smallest absolute Gasteiger partial charge is 0.151 e. The van der Waals surface area contributed by atoms with Gasteiger partial charge in [-0.05, 0) is 23.3 Å². The molecule has 0 bridgehead atoms. The summed E-state index contributed by atoms with van der Waals surface area (Å²) in [6, 6.07) is 7.54. The Hall–Kier alpha value is -0.740. The van der Waals surface area contributed by atoms with Crippen molar-refractivity contribution in [3.63, 3.8) is 0 Å². The van der Waals surface area contributed by atoms with Gasteiger partial charge in [0.2, 0.25) is 0 Å². The molecule has 0 atom stereocenters. The first-order valence-corrected chi connectivity index (χ1v) is 7.75. The van der Waals surface area contributed by atoms with Crippen LogP contribution < -0.4 is 0 Å². The lowest BCUT2D eigenvalue weighted by atomic mass is 10.1. The molecule has 2 nitrogen and oxygen atoms in total. The summed E-state index contributed by atoms with van der Waals surface area (Å²) in [5.41, 5.74) is 1.81. The molecule has 16 heavy (non-hydrogen) atoms. The topological polar surface area (TPSA) is 34.1 Å². The van der Waals surface area contributed by atoms with Gasteiger partial charge < -0.3 is 0 Å². The van der Waals surface area contributed by atoms with Gasteiger partial charge in [-0.15, -0.1) is 0 Å². The predicted molar refractivity (Wildman–Crippen MR) is 72.5 cm³/mol. The molecule has 88 valence electrons. The Labute approximate surface area is 103 Å². The molecule has 0 unspecified atom stereocenters. The second kappa shape index (κ2) is 6.11. The average Bonchev–Trinajstić information content (AvgIpc) is 2.19. The third kappa shape index (κ3) is 4.86. The van der Waals surface area contributed by atoms with E-state index in [9.17, 15) is 8.42 Å². The lowest BCUT2D eigenvalue weighted by Crippen LogP contribution is -2.02. The van der Waals surface area contributed by atoms with E-state index in [1.165, 1.54) is 6.26 Å². The fraction of sp³-hybridized carbons (Fsp3) is 0.333. The third-order valence-electron chi connectivity index (χ3n) is 2.07. The Bertz CT molecular complexity index is 462. The van der Waals surface area contributed by atoms with Crippen molar-refractivity contribution < 1.29 is 8.42 Å². The SMILES string of the molecule is CS(=O)(=O)Cc1ccccc1C=CCCS. The first-order chi connectivity index (χ1) is 7.53. The molecular formula is C12H16O2S2. The van der Waals surface area contributed by atoms with E-state index < -0.39 is 9.84 Å². The van der Waals surface area contributed by atoms with E-state index in [1.54, 1.807) is 0 Å². The highest BCUT2D eigenvalue weighted by atomic mass is 32.2. The molecule has 0 heterocycles. The van der Waals surface area contributed by atoms with Crippen molar-refractivity contribution in [3.05, 3.63) is 41.5 Å². The van der Waals surface area contributed by atoms with Crippen LogP contribution in [0.5, 0.6) is 0 Å². The van der Waals surface area contributed by atoms with Crippen LogP contribution >= 0.6 is 12.6 Å². The first kappa shape index (κ1) is 13.3. The summed E-state index contributed by atoms with van der Waals surface area (Å²) >= 11 is 4.11. The van der Waals surface area contributed by atoms with Crippen molar-refractivity contribution in [1.82, 2.24) is 0 Å². The number of sulfone groups is 1. The van der Waals surface area contributed by atoms with Crippen LogP contribution in [0.1, 0.15) is 17.5 Å². The fourth-order valence-corrected chi connectivity index (χ4v) is 2.37. The van der Waals surface area contributed by atoms with Gasteiger partial charge in [-0.3, -0.25) is 0 Å². The average molecular weight is 256 g/mol. The van der Waals surface area contributed by atoms with Gasteiger partial charge in [0.05, 0.1) is 5.75 Å². The fourth-order valence-electron chi connectivity index (χ4n) is 1.40. The van der Waals surface area contributed by atoms with Gasteiger partial charge in [0.15, 0.2) is 9.84 Å². The molecule has 1 aromatic carbocycles. The molecule has 0 amide bonds. The highest BCUT2D eigenvalue weighted by molar-refractivity contribution is 7.89. The van der Waals surface area contributed by atoms with Gasteiger partial charge >= 0.3 is 0 Å². The molecule has 0 aliphatic carbocycles. The molecule has 0 spiro atoms. The van der Waals surface area contributed by atoms with Gasteiger partial charge in [0.1, 0.15) is 0 Å². The third-order valence-corrected chi connectivity index (χ3v) is 3.16. The number of allylic oxidation sites excluding steroid dienone is 1. The normalized spacial score (nSPS) is 12.1. The minimum atomic E-state index is -2.98. The van der Waals surface area contributed by atoms with Crippen molar-refractivity contribution in [3.8, 4) is 0 Å². The quantitative estimate of drug-likeness (QED) is 0.822. The standard InChI is InChI=1S/C12H16O2S2/c1-16(13,14)10-12-8-3-2-6-11(12)7-4-5-9-15/h2-4,6-8,15H,5,9-10H2,1H3. The monoisotopic (exact) mass is 256 g/mol. The molecule has 1 rings (SSSR count). The molecule has 1 aromatic rings. The largest absolute Gasteiger partial charge is 0.229 e. The Morgan fingerprint density at radius 3 is 2.62 bits per heavy atom. The van der Waals surface area contributed by atoms with Crippen molar-refractivity contribution in [2.75, 3.05) is 12.0 Å². The van der Waals surface area contributed by atoms with E-state index in [-0.39, 0.29) is 5.75 Å². The maximum absolute atomic E-state index is 11.2. The predicted octanol–water partition coefficient (Wildman–Crippen LogP) is 2.56. The zero-order chi connectivity index (χ0) is 12.0. The maximum Gasteiger partial charge on any atom is 0.151 e. The van der Waals surface area contributed by atoms with Gasteiger partial charge in [-0.2, -0.15) is 12.6 Å². The lowest BCUT2D eigenvalue weighted by Gasteiger charge is -2.04. The van der Waals surface area contributed by atoms with Crippen LogP contribution in [-0.2, 0) is 15.6 Å². The summed E-state index contributed by atoms with van der Waals surface area (Å²) in [5, 5.41) is 0. The van der Waals surface area contributed by atoms with E-state index in [4.69, 9.17) is 0 Å². The zero-order valence-corrected chi connectivity index (χ0v) is 11.0. The summed E-state index contributed by atoms with van der Waals surface area (Å²) in [6.45, 7) is 0. The molecule has 0 fully saturated rings. The summed E-state index contributed by atoms with van der Waals surface area (Å²) in [6.07, 6.45) is 6.10. The Balaban J connectivity index is 2.92. The second-order valence-electron chi connectivity index (χ2n) is 3.68. The van der Waals surface area contributed by atoms with Crippen LogP contribution in [0, 0.1) is 0 Å². The summed E-state index contributed by atoms with van der Waals surface area (Å²) in [4.78, 5) is 0. The van der Waals surface area contributed by atoms with E-state index in [1.807, 2.05) is 36.4 Å². The van der Waals surface area contributed by atoms with Crippen LogP contribution in [-0.4, -0.2) is 20.4 Å². The zero-order valence-electron chi connectivity index (χ0n) is 9.26. The molecule has 0 N–H and O–H groups in total. The number of benzene rings is 1. The summed E-state index contributed by atoms with van der Waals surface area (Å²) in [5.74, 6) is 0.888. The minimum absolute atomic E-state index is 0.0917. The minimum Gasteiger partial charge on any atom is -0.229 e. The summed E-state index contributed by atoms with van der Waals surface area (Å²) in [7, 11) is -2.98. The Kier molecular flexibility index (Phi) is 5.09. The molecule has 0 radical (unpaired) electrons. The van der Waals surface area contributed by atoms with Gasteiger partial charge in [0, 0.05) is 6.26 Å². The molecule has 4 heteroatoms. The Morgan fingerprint density at radius 1 is 1.31 bits per heavy atom.